The van der Waals surface area contributed by atoms with Gasteiger partial charge in [-0.2, -0.15) is 0 Å². The molecule has 0 aromatic carbocycles. The van der Waals surface area contributed by atoms with Crippen LogP contribution in [-0.4, -0.2) is 18.2 Å². The lowest BCUT2D eigenvalue weighted by Gasteiger charge is -2.24. The second-order valence-corrected chi connectivity index (χ2v) is 5.81. The normalized spacial score (nSPS) is 15.6. The fourth-order valence-electron chi connectivity index (χ4n) is 1.64. The highest BCUT2D eigenvalue weighted by molar-refractivity contribution is 7.10. The van der Waals surface area contributed by atoms with Crippen molar-refractivity contribution in [1.29, 1.82) is 0 Å². The monoisotopic (exact) mass is 227 g/mol. The Morgan fingerprint density at radius 2 is 2.20 bits per heavy atom. The van der Waals surface area contributed by atoms with E-state index in [0.29, 0.717) is 12.5 Å². The number of aryl methyl sites for hydroxylation is 1. The highest BCUT2D eigenvalue weighted by Crippen LogP contribution is 2.27. The van der Waals surface area contributed by atoms with Crippen molar-refractivity contribution in [2.24, 2.45) is 5.92 Å². The predicted octanol–water partition coefficient (Wildman–Crippen LogP) is 2.51. The van der Waals surface area contributed by atoms with Crippen molar-refractivity contribution < 1.29 is 5.11 Å². The minimum atomic E-state index is -0.751. The number of hydrogen-bond acceptors (Lipinski definition) is 3. The molecule has 1 rings (SSSR count). The third-order valence-electron chi connectivity index (χ3n) is 2.46. The zero-order chi connectivity index (χ0) is 11.5. The molecule has 1 aromatic heterocycles. The second kappa shape index (κ2) is 5.10. The van der Waals surface area contributed by atoms with E-state index in [1.165, 1.54) is 4.88 Å². The van der Waals surface area contributed by atoms with E-state index in [9.17, 15) is 5.11 Å². The molecule has 15 heavy (non-hydrogen) atoms. The molecule has 3 heteroatoms. The summed E-state index contributed by atoms with van der Waals surface area (Å²) in [4.78, 5) is 1.20. The highest BCUT2D eigenvalue weighted by atomic mass is 32.1. The summed E-state index contributed by atoms with van der Waals surface area (Å²) in [7, 11) is 0. The van der Waals surface area contributed by atoms with Gasteiger partial charge >= 0.3 is 0 Å². The van der Waals surface area contributed by atoms with Crippen LogP contribution in [0.25, 0.3) is 0 Å². The molecule has 1 aromatic rings. The Kier molecular flexibility index (Phi) is 4.32. The number of rotatable bonds is 5. The van der Waals surface area contributed by atoms with Crippen LogP contribution in [0.3, 0.4) is 0 Å². The van der Waals surface area contributed by atoms with E-state index in [1.54, 1.807) is 11.3 Å². The lowest BCUT2D eigenvalue weighted by Crippen LogP contribution is -2.37. The predicted molar refractivity (Wildman–Crippen MR) is 66.3 cm³/mol. The summed E-state index contributed by atoms with van der Waals surface area (Å²) >= 11 is 1.68. The first-order chi connectivity index (χ1) is 6.93. The smallest absolute Gasteiger partial charge is 0.100 e. The first kappa shape index (κ1) is 12.7. The summed E-state index contributed by atoms with van der Waals surface area (Å²) in [6.07, 6.45) is 0. The standard InChI is InChI=1S/C12H21NOS/c1-9(2)7-13-8-12(4,14)11-5-6-15-10(11)3/h5-6,9,13-14H,7-8H2,1-4H3. The third kappa shape index (κ3) is 3.59. The Morgan fingerprint density at radius 3 is 2.67 bits per heavy atom. The molecule has 2 N–H and O–H groups in total. The SMILES string of the molecule is Cc1sccc1C(C)(O)CNCC(C)C. The molecule has 0 aliphatic carbocycles. The molecule has 1 atom stereocenters. The van der Waals surface area contributed by atoms with Crippen molar-refractivity contribution in [2.45, 2.75) is 33.3 Å². The van der Waals surface area contributed by atoms with Gasteiger partial charge in [0.2, 0.25) is 0 Å². The lowest BCUT2D eigenvalue weighted by atomic mass is 9.97. The van der Waals surface area contributed by atoms with E-state index in [2.05, 4.69) is 26.1 Å². The van der Waals surface area contributed by atoms with Crippen LogP contribution < -0.4 is 5.32 Å². The van der Waals surface area contributed by atoms with Gasteiger partial charge in [0.25, 0.3) is 0 Å². The van der Waals surface area contributed by atoms with Crippen molar-refractivity contribution in [3.8, 4) is 0 Å². The molecule has 0 aliphatic rings. The molecule has 0 saturated carbocycles. The minimum absolute atomic E-state index is 0.614. The van der Waals surface area contributed by atoms with E-state index < -0.39 is 5.60 Å². The van der Waals surface area contributed by atoms with Gasteiger partial charge < -0.3 is 10.4 Å². The highest BCUT2D eigenvalue weighted by Gasteiger charge is 2.24. The van der Waals surface area contributed by atoms with Gasteiger partial charge in [-0.15, -0.1) is 11.3 Å². The number of nitrogens with one attached hydrogen (secondary N) is 1. The quantitative estimate of drug-likeness (QED) is 0.810. The van der Waals surface area contributed by atoms with Gasteiger partial charge in [-0.3, -0.25) is 0 Å². The van der Waals surface area contributed by atoms with Crippen molar-refractivity contribution in [3.63, 3.8) is 0 Å². The molecule has 86 valence electrons. The molecular formula is C12H21NOS. The van der Waals surface area contributed by atoms with Crippen molar-refractivity contribution in [2.75, 3.05) is 13.1 Å². The van der Waals surface area contributed by atoms with Crippen LogP contribution in [0.4, 0.5) is 0 Å². The molecule has 0 amide bonds. The van der Waals surface area contributed by atoms with Gasteiger partial charge in [0, 0.05) is 11.4 Å². The first-order valence-electron chi connectivity index (χ1n) is 5.41. The zero-order valence-corrected chi connectivity index (χ0v) is 10.8. The molecule has 1 unspecified atom stereocenters. The molecule has 1 heterocycles. The Morgan fingerprint density at radius 1 is 1.53 bits per heavy atom. The van der Waals surface area contributed by atoms with E-state index in [0.717, 1.165) is 12.1 Å². The summed E-state index contributed by atoms with van der Waals surface area (Å²) in [5.41, 5.74) is 0.294. The molecular weight excluding hydrogens is 206 g/mol. The van der Waals surface area contributed by atoms with Gasteiger partial charge in [-0.25, -0.2) is 0 Å². The maximum atomic E-state index is 10.3. The second-order valence-electron chi connectivity index (χ2n) is 4.69. The van der Waals surface area contributed by atoms with E-state index in [-0.39, 0.29) is 0 Å². The van der Waals surface area contributed by atoms with E-state index in [1.807, 2.05) is 18.4 Å². The van der Waals surface area contributed by atoms with Gasteiger partial charge in [-0.1, -0.05) is 13.8 Å². The molecule has 0 radical (unpaired) electrons. The van der Waals surface area contributed by atoms with Crippen LogP contribution in [-0.2, 0) is 5.60 Å². The van der Waals surface area contributed by atoms with Gasteiger partial charge in [-0.05, 0) is 43.3 Å². The largest absolute Gasteiger partial charge is 0.384 e. The average molecular weight is 227 g/mol. The van der Waals surface area contributed by atoms with E-state index in [4.69, 9.17) is 0 Å². The summed E-state index contributed by atoms with van der Waals surface area (Å²) in [5.74, 6) is 0.615. The number of hydrogen-bond donors (Lipinski definition) is 2. The van der Waals surface area contributed by atoms with Crippen LogP contribution in [0.1, 0.15) is 31.2 Å². The maximum absolute atomic E-state index is 10.3. The number of aliphatic hydroxyl groups is 1. The van der Waals surface area contributed by atoms with Crippen LogP contribution >= 0.6 is 11.3 Å². The fourth-order valence-corrected chi connectivity index (χ4v) is 2.47. The van der Waals surface area contributed by atoms with Crippen molar-refractivity contribution >= 4 is 11.3 Å². The first-order valence-corrected chi connectivity index (χ1v) is 6.29. The van der Waals surface area contributed by atoms with Gasteiger partial charge in [0.15, 0.2) is 0 Å². The van der Waals surface area contributed by atoms with Crippen LogP contribution in [0.5, 0.6) is 0 Å². The number of thiophene rings is 1. The molecule has 0 bridgehead atoms. The lowest BCUT2D eigenvalue weighted by molar-refractivity contribution is 0.0563. The van der Waals surface area contributed by atoms with E-state index >= 15 is 0 Å². The Labute approximate surface area is 96.3 Å². The maximum Gasteiger partial charge on any atom is 0.100 e. The Bertz CT molecular complexity index is 304. The molecule has 0 spiro atoms. The van der Waals surface area contributed by atoms with Gasteiger partial charge in [0.1, 0.15) is 5.60 Å². The molecule has 0 saturated heterocycles. The minimum Gasteiger partial charge on any atom is -0.384 e. The molecule has 0 aliphatic heterocycles. The molecule has 0 fully saturated rings. The Hall–Kier alpha value is -0.380. The summed E-state index contributed by atoms with van der Waals surface area (Å²) in [6.45, 7) is 9.81. The van der Waals surface area contributed by atoms with Crippen LogP contribution in [0.15, 0.2) is 11.4 Å². The molecule has 2 nitrogen and oxygen atoms in total. The third-order valence-corrected chi connectivity index (χ3v) is 3.31. The zero-order valence-electron chi connectivity index (χ0n) is 10.0. The van der Waals surface area contributed by atoms with Crippen molar-refractivity contribution in [3.05, 3.63) is 21.9 Å². The van der Waals surface area contributed by atoms with Crippen LogP contribution in [0, 0.1) is 12.8 Å². The average Bonchev–Trinajstić information content (AvgIpc) is 2.50. The Balaban J connectivity index is 2.56. The van der Waals surface area contributed by atoms with Gasteiger partial charge in [0.05, 0.1) is 0 Å². The van der Waals surface area contributed by atoms with Crippen molar-refractivity contribution in [1.82, 2.24) is 5.32 Å². The summed E-state index contributed by atoms with van der Waals surface area (Å²) in [6, 6.07) is 2.01. The van der Waals surface area contributed by atoms with Crippen LogP contribution in [0.2, 0.25) is 0 Å². The topological polar surface area (TPSA) is 32.3 Å². The summed E-state index contributed by atoms with van der Waals surface area (Å²) in [5, 5.41) is 15.6. The fraction of sp³-hybridized carbons (Fsp3) is 0.667. The summed E-state index contributed by atoms with van der Waals surface area (Å²) < 4.78 is 0.